The molecule has 0 bridgehead atoms. The normalized spacial score (nSPS) is 19.4. The van der Waals surface area contributed by atoms with E-state index in [1.807, 2.05) is 17.7 Å². The van der Waals surface area contributed by atoms with Crippen LogP contribution in [0.1, 0.15) is 101 Å². The summed E-state index contributed by atoms with van der Waals surface area (Å²) in [4.78, 5) is 23.5. The largest absolute Gasteiger partial charge is 0.339 e. The van der Waals surface area contributed by atoms with Crippen LogP contribution in [0.25, 0.3) is 11.0 Å². The Bertz CT molecular complexity index is 971. The molecule has 0 saturated carbocycles. The number of fused-ring (bicyclic) bond motifs is 1. The van der Waals surface area contributed by atoms with Crippen molar-refractivity contribution in [3.8, 4) is 0 Å². The summed E-state index contributed by atoms with van der Waals surface area (Å²) in [7, 11) is 0. The van der Waals surface area contributed by atoms with E-state index < -0.39 is 0 Å². The molecule has 0 aromatic carbocycles. The lowest BCUT2D eigenvalue weighted by atomic mass is 9.95. The fourth-order valence-corrected chi connectivity index (χ4v) is 5.41. The third-order valence-corrected chi connectivity index (χ3v) is 7.41. The van der Waals surface area contributed by atoms with Crippen LogP contribution in [0.15, 0.2) is 6.07 Å². The van der Waals surface area contributed by atoms with Crippen molar-refractivity contribution in [2.24, 2.45) is 5.92 Å². The molecule has 2 aliphatic heterocycles. The maximum absolute atomic E-state index is 13.8. The molecule has 182 valence electrons. The van der Waals surface area contributed by atoms with Crippen LogP contribution in [-0.4, -0.2) is 63.2 Å². The van der Waals surface area contributed by atoms with Gasteiger partial charge < -0.3 is 9.80 Å². The minimum absolute atomic E-state index is 0.147. The highest BCUT2D eigenvalue weighted by atomic mass is 16.2. The van der Waals surface area contributed by atoms with Gasteiger partial charge in [0.15, 0.2) is 5.65 Å². The highest BCUT2D eigenvalue weighted by Gasteiger charge is 2.30. The fraction of sp³-hybridized carbons (Fsp3) is 0.741. The molecule has 6 nitrogen and oxygen atoms in total. The van der Waals surface area contributed by atoms with Gasteiger partial charge in [0, 0.05) is 25.3 Å². The van der Waals surface area contributed by atoms with Crippen LogP contribution in [0, 0.1) is 12.8 Å². The average Bonchev–Trinajstić information content (AvgIpc) is 2.94. The SMILES string of the molecule is Cc1nn(C(C)(C)C)c2nc(C(C)C)cc(C(=O)N3CCC(CN4CCCCCC4)CC3)c12. The first-order chi connectivity index (χ1) is 15.6. The predicted molar refractivity (Wildman–Crippen MR) is 135 cm³/mol. The molecule has 4 rings (SSSR count). The van der Waals surface area contributed by atoms with Gasteiger partial charge in [-0.3, -0.25) is 4.79 Å². The van der Waals surface area contributed by atoms with Gasteiger partial charge in [-0.25, -0.2) is 9.67 Å². The van der Waals surface area contributed by atoms with Crippen molar-refractivity contribution in [2.75, 3.05) is 32.7 Å². The van der Waals surface area contributed by atoms with Crippen LogP contribution >= 0.6 is 0 Å². The molecule has 0 spiro atoms. The van der Waals surface area contributed by atoms with Crippen LogP contribution in [-0.2, 0) is 5.54 Å². The Morgan fingerprint density at radius 2 is 1.70 bits per heavy atom. The third kappa shape index (κ3) is 5.26. The van der Waals surface area contributed by atoms with E-state index in [-0.39, 0.29) is 17.4 Å². The van der Waals surface area contributed by atoms with Crippen molar-refractivity contribution in [1.82, 2.24) is 24.6 Å². The summed E-state index contributed by atoms with van der Waals surface area (Å²) in [5, 5.41) is 5.73. The van der Waals surface area contributed by atoms with Crippen molar-refractivity contribution in [2.45, 2.75) is 91.5 Å². The summed E-state index contributed by atoms with van der Waals surface area (Å²) < 4.78 is 1.99. The topological polar surface area (TPSA) is 54.3 Å². The number of aromatic nitrogens is 3. The minimum Gasteiger partial charge on any atom is -0.339 e. The molecule has 4 heterocycles. The molecule has 2 aromatic rings. The second kappa shape index (κ2) is 9.73. The Morgan fingerprint density at radius 3 is 2.27 bits per heavy atom. The number of carbonyl (C=O) groups is 1. The number of rotatable bonds is 4. The van der Waals surface area contributed by atoms with E-state index in [2.05, 4.69) is 44.4 Å². The number of amides is 1. The first-order valence-electron chi connectivity index (χ1n) is 13.1. The molecule has 1 amide bonds. The number of nitrogens with zero attached hydrogens (tertiary/aromatic N) is 5. The van der Waals surface area contributed by atoms with Crippen LogP contribution < -0.4 is 0 Å². The molecule has 2 saturated heterocycles. The molecular formula is C27H43N5O. The molecule has 0 aliphatic carbocycles. The number of hydrogen-bond acceptors (Lipinski definition) is 4. The molecule has 2 aliphatic rings. The van der Waals surface area contributed by atoms with Gasteiger partial charge in [-0.1, -0.05) is 26.7 Å². The first-order valence-corrected chi connectivity index (χ1v) is 13.1. The molecule has 0 atom stereocenters. The molecule has 2 aromatic heterocycles. The third-order valence-electron chi connectivity index (χ3n) is 7.41. The molecule has 0 unspecified atom stereocenters. The van der Waals surface area contributed by atoms with Gasteiger partial charge in [0.1, 0.15) is 0 Å². The summed E-state index contributed by atoms with van der Waals surface area (Å²) in [6, 6.07) is 2.03. The van der Waals surface area contributed by atoms with Gasteiger partial charge in [-0.05, 0) is 84.4 Å². The monoisotopic (exact) mass is 453 g/mol. The maximum atomic E-state index is 13.8. The fourth-order valence-electron chi connectivity index (χ4n) is 5.41. The Kier molecular flexibility index (Phi) is 7.13. The lowest BCUT2D eigenvalue weighted by Gasteiger charge is -2.35. The number of hydrogen-bond donors (Lipinski definition) is 0. The number of aryl methyl sites for hydroxylation is 1. The number of carbonyl (C=O) groups excluding carboxylic acids is 1. The van der Waals surface area contributed by atoms with E-state index in [1.54, 1.807) is 0 Å². The summed E-state index contributed by atoms with van der Waals surface area (Å²) >= 11 is 0. The number of likely N-dealkylation sites (tertiary alicyclic amines) is 2. The van der Waals surface area contributed by atoms with Gasteiger partial charge in [-0.2, -0.15) is 5.10 Å². The quantitative estimate of drug-likeness (QED) is 0.626. The lowest BCUT2D eigenvalue weighted by molar-refractivity contribution is 0.0669. The number of piperidine rings is 1. The smallest absolute Gasteiger partial charge is 0.254 e. The van der Waals surface area contributed by atoms with E-state index in [1.165, 1.54) is 45.3 Å². The van der Waals surface area contributed by atoms with Gasteiger partial charge in [-0.15, -0.1) is 0 Å². The van der Waals surface area contributed by atoms with Crippen molar-refractivity contribution in [3.05, 3.63) is 23.0 Å². The molecule has 2 fully saturated rings. The zero-order valence-corrected chi connectivity index (χ0v) is 21.7. The van der Waals surface area contributed by atoms with E-state index in [4.69, 9.17) is 10.1 Å². The van der Waals surface area contributed by atoms with E-state index in [0.717, 1.165) is 53.9 Å². The predicted octanol–water partition coefficient (Wildman–Crippen LogP) is 5.35. The van der Waals surface area contributed by atoms with Crippen molar-refractivity contribution in [3.63, 3.8) is 0 Å². The summed E-state index contributed by atoms with van der Waals surface area (Å²) in [6.07, 6.45) is 7.66. The second-order valence-electron chi connectivity index (χ2n) is 11.6. The van der Waals surface area contributed by atoms with E-state index in [9.17, 15) is 4.79 Å². The van der Waals surface area contributed by atoms with Crippen molar-refractivity contribution >= 4 is 16.9 Å². The van der Waals surface area contributed by atoms with Crippen LogP contribution in [0.4, 0.5) is 0 Å². The molecule has 33 heavy (non-hydrogen) atoms. The van der Waals surface area contributed by atoms with Gasteiger partial charge >= 0.3 is 0 Å². The average molecular weight is 454 g/mol. The second-order valence-corrected chi connectivity index (χ2v) is 11.6. The summed E-state index contributed by atoms with van der Waals surface area (Å²) in [5.74, 6) is 1.11. The minimum atomic E-state index is -0.193. The molecular weight excluding hydrogens is 410 g/mol. The van der Waals surface area contributed by atoms with E-state index in [0.29, 0.717) is 5.92 Å². The Hall–Kier alpha value is -1.95. The summed E-state index contributed by atoms with van der Waals surface area (Å²) in [6.45, 7) is 18.1. The van der Waals surface area contributed by atoms with Crippen LogP contribution in [0.3, 0.4) is 0 Å². The highest BCUT2D eigenvalue weighted by Crippen LogP contribution is 2.31. The van der Waals surface area contributed by atoms with Gasteiger partial charge in [0.05, 0.1) is 22.2 Å². The van der Waals surface area contributed by atoms with Crippen molar-refractivity contribution in [1.29, 1.82) is 0 Å². The maximum Gasteiger partial charge on any atom is 0.254 e. The van der Waals surface area contributed by atoms with Crippen molar-refractivity contribution < 1.29 is 4.79 Å². The lowest BCUT2D eigenvalue weighted by Crippen LogP contribution is -2.42. The molecule has 0 radical (unpaired) electrons. The number of pyridine rings is 1. The standard InChI is InChI=1S/C27H43N5O/c1-19(2)23-17-22(24-20(3)29-32(25(24)28-23)27(4,5)6)26(33)31-15-11-21(12-16-31)18-30-13-9-7-8-10-14-30/h17,19,21H,7-16,18H2,1-6H3. The van der Waals surface area contributed by atoms with E-state index >= 15 is 0 Å². The first kappa shape index (κ1) is 24.2. The summed E-state index contributed by atoms with van der Waals surface area (Å²) in [5.41, 5.74) is 3.28. The van der Waals surface area contributed by atoms with Gasteiger partial charge in [0.2, 0.25) is 0 Å². The zero-order valence-electron chi connectivity index (χ0n) is 21.7. The Balaban J connectivity index is 1.55. The molecule has 6 heteroatoms. The molecule has 0 N–H and O–H groups in total. The van der Waals surface area contributed by atoms with Crippen LogP contribution in [0.2, 0.25) is 0 Å². The Morgan fingerprint density at radius 1 is 1.06 bits per heavy atom. The zero-order chi connectivity index (χ0) is 23.8. The highest BCUT2D eigenvalue weighted by molar-refractivity contribution is 6.06. The Labute approximate surface area is 199 Å². The van der Waals surface area contributed by atoms with Gasteiger partial charge in [0.25, 0.3) is 5.91 Å². The van der Waals surface area contributed by atoms with Crippen LogP contribution in [0.5, 0.6) is 0 Å².